The van der Waals surface area contributed by atoms with Crippen molar-refractivity contribution < 1.29 is 9.59 Å². The van der Waals surface area contributed by atoms with E-state index in [0.29, 0.717) is 6.54 Å². The number of nitrogens with zero attached hydrogens (tertiary/aromatic N) is 2. The average Bonchev–Trinajstić information content (AvgIpc) is 2.85. The summed E-state index contributed by atoms with van der Waals surface area (Å²) in [5.41, 5.74) is 0.630. The maximum atomic E-state index is 12.7. The summed E-state index contributed by atoms with van der Waals surface area (Å²) in [4.78, 5) is 28.6. The molecule has 25 heavy (non-hydrogen) atoms. The van der Waals surface area contributed by atoms with Crippen molar-refractivity contribution in [3.05, 3.63) is 35.9 Å². The first-order valence-electron chi connectivity index (χ1n) is 9.45. The number of nitrogens with one attached hydrogen (secondary N) is 1. The van der Waals surface area contributed by atoms with Crippen molar-refractivity contribution in [3.63, 3.8) is 0 Å². The Balaban J connectivity index is 1.56. The van der Waals surface area contributed by atoms with Gasteiger partial charge in [-0.15, -0.1) is 0 Å². The van der Waals surface area contributed by atoms with Crippen molar-refractivity contribution in [3.8, 4) is 0 Å². The van der Waals surface area contributed by atoms with Crippen LogP contribution in [0.2, 0.25) is 0 Å². The molecule has 0 aliphatic carbocycles. The van der Waals surface area contributed by atoms with Crippen molar-refractivity contribution in [1.82, 2.24) is 15.1 Å². The quantitative estimate of drug-likeness (QED) is 0.808. The molecule has 5 nitrogen and oxygen atoms in total. The van der Waals surface area contributed by atoms with E-state index in [2.05, 4.69) is 34.5 Å². The number of likely N-dealkylation sites (N-methyl/N-ethyl adjacent to an activating group) is 1. The number of hydrogen-bond acceptors (Lipinski definition) is 3. The molecule has 2 atom stereocenters. The summed E-state index contributed by atoms with van der Waals surface area (Å²) in [6.45, 7) is 7.20. The van der Waals surface area contributed by atoms with Crippen LogP contribution in [0.4, 0.5) is 4.79 Å². The van der Waals surface area contributed by atoms with Gasteiger partial charge in [0, 0.05) is 19.0 Å². The summed E-state index contributed by atoms with van der Waals surface area (Å²) < 4.78 is 0. The van der Waals surface area contributed by atoms with E-state index in [9.17, 15) is 9.59 Å². The minimum absolute atomic E-state index is 0.0591. The number of carbonyl (C=O) groups excluding carboxylic acids is 2. The van der Waals surface area contributed by atoms with Gasteiger partial charge in [0.05, 0.1) is 0 Å². The standard InChI is InChI=1S/C20H29N3O2/c1-3-23-18(24)20(2,21-19(23)25)17-12-8-14-22(15-17)13-7-11-16-9-5-4-6-10-16/h4-6,9-10,17H,3,7-8,11-15H2,1-2H3,(H,21,25)/t17-,20+/m1/s1. The molecule has 0 unspecified atom stereocenters. The van der Waals surface area contributed by atoms with E-state index in [-0.39, 0.29) is 17.9 Å². The van der Waals surface area contributed by atoms with E-state index in [4.69, 9.17) is 0 Å². The maximum absolute atomic E-state index is 12.7. The van der Waals surface area contributed by atoms with E-state index in [1.54, 1.807) is 0 Å². The lowest BCUT2D eigenvalue weighted by molar-refractivity contribution is -0.133. The number of aryl methyl sites for hydroxylation is 1. The Morgan fingerprint density at radius 3 is 2.68 bits per heavy atom. The van der Waals surface area contributed by atoms with Gasteiger partial charge in [-0.2, -0.15) is 0 Å². The number of benzene rings is 1. The summed E-state index contributed by atoms with van der Waals surface area (Å²) >= 11 is 0. The highest BCUT2D eigenvalue weighted by atomic mass is 16.2. The Morgan fingerprint density at radius 2 is 2.00 bits per heavy atom. The van der Waals surface area contributed by atoms with Gasteiger partial charge in [0.2, 0.25) is 0 Å². The minimum atomic E-state index is -0.745. The fraction of sp³-hybridized carbons (Fsp3) is 0.600. The highest BCUT2D eigenvalue weighted by Crippen LogP contribution is 2.32. The van der Waals surface area contributed by atoms with Crippen LogP contribution >= 0.6 is 0 Å². The largest absolute Gasteiger partial charge is 0.325 e. The number of rotatable bonds is 6. The number of carbonyl (C=O) groups is 2. The third-order valence-corrected chi connectivity index (χ3v) is 5.72. The first kappa shape index (κ1) is 17.9. The molecule has 136 valence electrons. The number of piperidine rings is 1. The van der Waals surface area contributed by atoms with Crippen LogP contribution in [0.15, 0.2) is 30.3 Å². The fourth-order valence-corrected chi connectivity index (χ4v) is 4.16. The Labute approximate surface area is 150 Å². The molecule has 0 radical (unpaired) electrons. The van der Waals surface area contributed by atoms with E-state index < -0.39 is 5.54 Å². The molecule has 3 amide bonds. The van der Waals surface area contributed by atoms with Gasteiger partial charge in [0.1, 0.15) is 5.54 Å². The monoisotopic (exact) mass is 343 g/mol. The van der Waals surface area contributed by atoms with Crippen LogP contribution in [-0.4, -0.2) is 53.5 Å². The van der Waals surface area contributed by atoms with Crippen molar-refractivity contribution in [2.45, 2.75) is 45.1 Å². The van der Waals surface area contributed by atoms with Gasteiger partial charge < -0.3 is 10.2 Å². The zero-order chi connectivity index (χ0) is 17.9. The summed E-state index contributed by atoms with van der Waals surface area (Å²) in [6, 6.07) is 10.3. The van der Waals surface area contributed by atoms with Crippen molar-refractivity contribution >= 4 is 11.9 Å². The molecule has 5 heteroatoms. The van der Waals surface area contributed by atoms with Crippen molar-refractivity contribution in [2.75, 3.05) is 26.2 Å². The van der Waals surface area contributed by atoms with E-state index >= 15 is 0 Å². The average molecular weight is 343 g/mol. The number of amides is 3. The van der Waals surface area contributed by atoms with Crippen LogP contribution in [0.25, 0.3) is 0 Å². The maximum Gasteiger partial charge on any atom is 0.325 e. The summed E-state index contributed by atoms with van der Waals surface area (Å²) in [6.07, 6.45) is 4.28. The fourth-order valence-electron chi connectivity index (χ4n) is 4.16. The molecule has 2 fully saturated rings. The first-order valence-corrected chi connectivity index (χ1v) is 9.45. The van der Waals surface area contributed by atoms with Crippen LogP contribution in [0.3, 0.4) is 0 Å². The molecule has 1 aromatic rings. The Kier molecular flexibility index (Phi) is 5.42. The predicted octanol–water partition coefficient (Wildman–Crippen LogP) is 2.66. The second kappa shape index (κ2) is 7.56. The van der Waals surface area contributed by atoms with Gasteiger partial charge in [0.15, 0.2) is 0 Å². The SMILES string of the molecule is CCN1C(=O)N[C@@](C)([C@@H]2CCCN(CCCc3ccccc3)C2)C1=O. The molecule has 0 aromatic heterocycles. The lowest BCUT2D eigenvalue weighted by Crippen LogP contribution is -2.56. The molecule has 3 rings (SSSR count). The molecule has 0 spiro atoms. The predicted molar refractivity (Wildman–Crippen MR) is 98.3 cm³/mol. The van der Waals surface area contributed by atoms with Crippen LogP contribution < -0.4 is 5.32 Å². The summed E-state index contributed by atoms with van der Waals surface area (Å²) in [7, 11) is 0. The van der Waals surface area contributed by atoms with Crippen LogP contribution in [0.5, 0.6) is 0 Å². The zero-order valence-electron chi connectivity index (χ0n) is 15.3. The minimum Gasteiger partial charge on any atom is -0.323 e. The second-order valence-electron chi connectivity index (χ2n) is 7.41. The highest BCUT2D eigenvalue weighted by molar-refractivity contribution is 6.07. The first-order chi connectivity index (χ1) is 12.0. The second-order valence-corrected chi connectivity index (χ2v) is 7.41. The molecule has 2 saturated heterocycles. The topological polar surface area (TPSA) is 52.7 Å². The normalized spacial score (nSPS) is 27.6. The molecular weight excluding hydrogens is 314 g/mol. The molecule has 2 aliphatic rings. The van der Waals surface area contributed by atoms with Gasteiger partial charge >= 0.3 is 6.03 Å². The zero-order valence-corrected chi connectivity index (χ0v) is 15.3. The molecule has 2 heterocycles. The molecule has 1 aromatic carbocycles. The number of urea groups is 1. The number of hydrogen-bond donors (Lipinski definition) is 1. The van der Waals surface area contributed by atoms with Crippen LogP contribution in [0, 0.1) is 5.92 Å². The summed E-state index contributed by atoms with van der Waals surface area (Å²) in [5.74, 6) is 0.127. The molecule has 0 bridgehead atoms. The van der Waals surface area contributed by atoms with E-state index in [1.807, 2.05) is 19.9 Å². The van der Waals surface area contributed by atoms with Crippen LogP contribution in [-0.2, 0) is 11.2 Å². The third-order valence-electron chi connectivity index (χ3n) is 5.72. The molecule has 2 aliphatic heterocycles. The number of likely N-dealkylation sites (tertiary alicyclic amines) is 1. The third kappa shape index (κ3) is 3.71. The molecule has 1 N–H and O–H groups in total. The van der Waals surface area contributed by atoms with Crippen molar-refractivity contribution in [1.29, 1.82) is 0 Å². The Bertz CT molecular complexity index is 619. The van der Waals surface area contributed by atoms with Crippen molar-refractivity contribution in [2.24, 2.45) is 5.92 Å². The van der Waals surface area contributed by atoms with Gasteiger partial charge in [-0.1, -0.05) is 30.3 Å². The lowest BCUT2D eigenvalue weighted by Gasteiger charge is -2.39. The van der Waals surface area contributed by atoms with Gasteiger partial charge in [-0.05, 0) is 58.2 Å². The Morgan fingerprint density at radius 1 is 1.24 bits per heavy atom. The van der Waals surface area contributed by atoms with Gasteiger partial charge in [-0.3, -0.25) is 9.69 Å². The smallest absolute Gasteiger partial charge is 0.323 e. The van der Waals surface area contributed by atoms with Crippen LogP contribution in [0.1, 0.15) is 38.7 Å². The molecule has 0 saturated carbocycles. The molecular formula is C20H29N3O2. The Hall–Kier alpha value is -1.88. The van der Waals surface area contributed by atoms with Gasteiger partial charge in [-0.25, -0.2) is 4.79 Å². The highest BCUT2D eigenvalue weighted by Gasteiger charge is 2.52. The lowest BCUT2D eigenvalue weighted by atomic mass is 9.80. The number of imide groups is 1. The van der Waals surface area contributed by atoms with Gasteiger partial charge in [0.25, 0.3) is 5.91 Å². The van der Waals surface area contributed by atoms with E-state index in [1.165, 1.54) is 10.5 Å². The summed E-state index contributed by atoms with van der Waals surface area (Å²) in [5, 5.41) is 2.96. The van der Waals surface area contributed by atoms with E-state index in [0.717, 1.165) is 45.3 Å².